The van der Waals surface area contributed by atoms with E-state index in [4.69, 9.17) is 9.47 Å². The molecule has 0 aliphatic carbocycles. The quantitative estimate of drug-likeness (QED) is 0.488. The monoisotopic (exact) mass is 412 g/mol. The van der Waals surface area contributed by atoms with Crippen molar-refractivity contribution in [2.24, 2.45) is 5.92 Å². The van der Waals surface area contributed by atoms with Gasteiger partial charge in [0, 0.05) is 19.6 Å². The van der Waals surface area contributed by atoms with Gasteiger partial charge in [0.05, 0.1) is 17.9 Å². The van der Waals surface area contributed by atoms with Gasteiger partial charge in [-0.15, -0.1) is 0 Å². The minimum absolute atomic E-state index is 0.0463. The average molecular weight is 413 g/mol. The van der Waals surface area contributed by atoms with Crippen molar-refractivity contribution in [3.8, 4) is 5.75 Å². The van der Waals surface area contributed by atoms with Crippen molar-refractivity contribution < 1.29 is 27.5 Å². The van der Waals surface area contributed by atoms with Crippen molar-refractivity contribution in [1.82, 2.24) is 9.62 Å². The van der Waals surface area contributed by atoms with Gasteiger partial charge in [0.1, 0.15) is 5.75 Å². The molecule has 1 aromatic rings. The highest BCUT2D eigenvalue weighted by Gasteiger charge is 2.34. The first-order valence-corrected chi connectivity index (χ1v) is 10.9. The molecule has 8 nitrogen and oxygen atoms in total. The minimum Gasteiger partial charge on any atom is -0.497 e. The van der Waals surface area contributed by atoms with Crippen LogP contribution in [-0.4, -0.2) is 58.0 Å². The summed E-state index contributed by atoms with van der Waals surface area (Å²) in [4.78, 5) is 24.1. The zero-order valence-corrected chi connectivity index (χ0v) is 17.2. The van der Waals surface area contributed by atoms with Gasteiger partial charge in [-0.3, -0.25) is 9.59 Å². The summed E-state index contributed by atoms with van der Waals surface area (Å²) in [5, 5.41) is 2.67. The molecule has 1 fully saturated rings. The van der Waals surface area contributed by atoms with Gasteiger partial charge in [0.15, 0.2) is 6.61 Å². The van der Waals surface area contributed by atoms with Crippen LogP contribution in [0.3, 0.4) is 0 Å². The van der Waals surface area contributed by atoms with Crippen LogP contribution in [-0.2, 0) is 24.3 Å². The third kappa shape index (κ3) is 5.93. The van der Waals surface area contributed by atoms with E-state index in [1.807, 2.05) is 6.92 Å². The third-order valence-electron chi connectivity index (χ3n) is 4.61. The van der Waals surface area contributed by atoms with E-state index in [2.05, 4.69) is 5.32 Å². The highest BCUT2D eigenvalue weighted by Crippen LogP contribution is 2.25. The molecular weight excluding hydrogens is 384 g/mol. The average Bonchev–Trinajstić information content (AvgIpc) is 2.72. The van der Waals surface area contributed by atoms with E-state index >= 15 is 0 Å². The summed E-state index contributed by atoms with van der Waals surface area (Å²) in [6, 6.07) is 6.13. The number of nitrogens with one attached hydrogen (secondary N) is 1. The van der Waals surface area contributed by atoms with E-state index < -0.39 is 21.9 Å². The van der Waals surface area contributed by atoms with Crippen LogP contribution in [0, 0.1) is 5.92 Å². The van der Waals surface area contributed by atoms with Crippen LogP contribution in [0.2, 0.25) is 0 Å². The highest BCUT2D eigenvalue weighted by molar-refractivity contribution is 7.89. The molecule has 1 unspecified atom stereocenters. The fourth-order valence-corrected chi connectivity index (χ4v) is 4.48. The van der Waals surface area contributed by atoms with E-state index in [0.29, 0.717) is 31.7 Å². The Labute approximate surface area is 166 Å². The lowest BCUT2D eigenvalue weighted by Crippen LogP contribution is -2.43. The lowest BCUT2D eigenvalue weighted by Gasteiger charge is -2.30. The van der Waals surface area contributed by atoms with Crippen LogP contribution in [0.15, 0.2) is 29.2 Å². The molecule has 1 aliphatic rings. The Morgan fingerprint density at radius 1 is 1.25 bits per heavy atom. The van der Waals surface area contributed by atoms with Gasteiger partial charge in [-0.05, 0) is 43.5 Å². The number of hydrogen-bond donors (Lipinski definition) is 1. The largest absolute Gasteiger partial charge is 0.497 e. The van der Waals surface area contributed by atoms with Crippen molar-refractivity contribution >= 4 is 21.9 Å². The van der Waals surface area contributed by atoms with E-state index in [1.165, 1.54) is 23.5 Å². The summed E-state index contributed by atoms with van der Waals surface area (Å²) in [7, 11) is -2.20. The molecule has 0 radical (unpaired) electrons. The number of ether oxygens (including phenoxy) is 2. The predicted molar refractivity (Wildman–Crippen MR) is 103 cm³/mol. The van der Waals surface area contributed by atoms with Crippen LogP contribution < -0.4 is 10.1 Å². The molecule has 9 heteroatoms. The van der Waals surface area contributed by atoms with E-state index in [9.17, 15) is 18.0 Å². The number of amides is 1. The maximum atomic E-state index is 12.8. The number of carbonyl (C=O) groups is 2. The van der Waals surface area contributed by atoms with Gasteiger partial charge in [0.25, 0.3) is 5.91 Å². The molecule has 0 spiro atoms. The molecule has 1 amide bonds. The van der Waals surface area contributed by atoms with Crippen molar-refractivity contribution in [2.75, 3.05) is 33.4 Å². The predicted octanol–water partition coefficient (Wildman–Crippen LogP) is 1.56. The second-order valence-electron chi connectivity index (χ2n) is 6.69. The molecule has 0 aromatic heterocycles. The molecule has 156 valence electrons. The topological polar surface area (TPSA) is 102 Å². The first kappa shape index (κ1) is 22.2. The number of methoxy groups -OCH3 is 1. The van der Waals surface area contributed by atoms with Gasteiger partial charge in [-0.25, -0.2) is 8.42 Å². The van der Waals surface area contributed by atoms with Gasteiger partial charge < -0.3 is 14.8 Å². The van der Waals surface area contributed by atoms with Crippen molar-refractivity contribution in [3.05, 3.63) is 24.3 Å². The third-order valence-corrected chi connectivity index (χ3v) is 6.49. The van der Waals surface area contributed by atoms with Crippen molar-refractivity contribution in [3.63, 3.8) is 0 Å². The summed E-state index contributed by atoms with van der Waals surface area (Å²) in [6.07, 6.45) is 2.91. The van der Waals surface area contributed by atoms with Crippen LogP contribution in [0.25, 0.3) is 0 Å². The molecule has 1 N–H and O–H groups in total. The van der Waals surface area contributed by atoms with Crippen LogP contribution >= 0.6 is 0 Å². The number of hydrogen-bond acceptors (Lipinski definition) is 6. The van der Waals surface area contributed by atoms with E-state index in [0.717, 1.165) is 12.8 Å². The first-order valence-electron chi connectivity index (χ1n) is 9.46. The number of piperidine rings is 1. The standard InChI is InChI=1S/C19H28N2O6S/c1-3-4-11-20-18(22)14-27-19(23)15-6-5-12-21(13-15)28(24,25)17-9-7-16(26-2)8-10-17/h7-10,15H,3-6,11-14H2,1-2H3,(H,20,22). The van der Waals surface area contributed by atoms with Crippen molar-refractivity contribution in [2.45, 2.75) is 37.5 Å². The Hall–Kier alpha value is -2.13. The van der Waals surface area contributed by atoms with E-state index in [1.54, 1.807) is 12.1 Å². The normalized spacial score (nSPS) is 17.7. The number of carbonyl (C=O) groups excluding carboxylic acids is 2. The van der Waals surface area contributed by atoms with E-state index in [-0.39, 0.29) is 24.0 Å². The zero-order valence-electron chi connectivity index (χ0n) is 16.3. The molecule has 1 aliphatic heterocycles. The Balaban J connectivity index is 1.93. The SMILES string of the molecule is CCCCNC(=O)COC(=O)C1CCCN(S(=O)(=O)c2ccc(OC)cc2)C1. The lowest BCUT2D eigenvalue weighted by molar-refractivity contribution is -0.153. The smallest absolute Gasteiger partial charge is 0.310 e. The molecule has 1 saturated heterocycles. The van der Waals surface area contributed by atoms with Gasteiger partial charge >= 0.3 is 5.97 Å². The molecule has 1 atom stereocenters. The summed E-state index contributed by atoms with van der Waals surface area (Å²) in [5.74, 6) is -0.901. The zero-order chi connectivity index (χ0) is 20.6. The fraction of sp³-hybridized carbons (Fsp3) is 0.579. The number of rotatable bonds is 9. The summed E-state index contributed by atoms with van der Waals surface area (Å²) >= 11 is 0. The molecule has 1 heterocycles. The summed E-state index contributed by atoms with van der Waals surface area (Å²) < 4.78 is 37.1. The maximum absolute atomic E-state index is 12.8. The van der Waals surface area contributed by atoms with Crippen molar-refractivity contribution in [1.29, 1.82) is 0 Å². The fourth-order valence-electron chi connectivity index (χ4n) is 2.96. The maximum Gasteiger partial charge on any atom is 0.310 e. The van der Waals surface area contributed by atoms with Crippen LogP contribution in [0.4, 0.5) is 0 Å². The highest BCUT2D eigenvalue weighted by atomic mass is 32.2. The molecule has 0 bridgehead atoms. The molecule has 0 saturated carbocycles. The Morgan fingerprint density at radius 3 is 2.61 bits per heavy atom. The number of benzene rings is 1. The first-order chi connectivity index (χ1) is 13.4. The number of esters is 1. The van der Waals surface area contributed by atoms with Crippen LogP contribution in [0.1, 0.15) is 32.6 Å². The molecule has 28 heavy (non-hydrogen) atoms. The lowest BCUT2D eigenvalue weighted by atomic mass is 10.00. The second-order valence-corrected chi connectivity index (χ2v) is 8.63. The minimum atomic E-state index is -3.71. The number of unbranched alkanes of at least 4 members (excludes halogenated alkanes) is 1. The van der Waals surface area contributed by atoms with Gasteiger partial charge in [-0.1, -0.05) is 13.3 Å². The molecule has 1 aromatic carbocycles. The summed E-state index contributed by atoms with van der Waals surface area (Å²) in [6.45, 7) is 2.61. The number of sulfonamides is 1. The Morgan fingerprint density at radius 2 is 1.96 bits per heavy atom. The second kappa shape index (κ2) is 10.4. The Kier molecular flexibility index (Phi) is 8.25. The molecule has 2 rings (SSSR count). The van der Waals surface area contributed by atoms with Gasteiger partial charge in [0.2, 0.25) is 10.0 Å². The Bertz CT molecular complexity index is 763. The van der Waals surface area contributed by atoms with Crippen LogP contribution in [0.5, 0.6) is 5.75 Å². The van der Waals surface area contributed by atoms with Gasteiger partial charge in [-0.2, -0.15) is 4.31 Å². The molecular formula is C19H28N2O6S. The summed E-state index contributed by atoms with van der Waals surface area (Å²) in [5.41, 5.74) is 0. The number of nitrogens with zero attached hydrogens (tertiary/aromatic N) is 1.